The van der Waals surface area contributed by atoms with Crippen molar-refractivity contribution < 1.29 is 5.11 Å². The molecule has 0 aliphatic heterocycles. The van der Waals surface area contributed by atoms with Gasteiger partial charge in [0.05, 0.1) is 0 Å². The molecule has 72 valence electrons. The van der Waals surface area contributed by atoms with Crippen molar-refractivity contribution in [3.05, 3.63) is 48.3 Å². The first-order valence-corrected chi connectivity index (χ1v) is 4.45. The number of hydrogen-bond acceptors (Lipinski definition) is 3. The number of hydrogen-bond donors (Lipinski definition) is 1. The number of nitrogens with zero attached hydrogens (tertiary/aromatic N) is 2. The molecule has 0 saturated carbocycles. The van der Waals surface area contributed by atoms with Crippen LogP contribution >= 0.6 is 0 Å². The Labute approximate surface area is 87.3 Å². The van der Waals surface area contributed by atoms with Gasteiger partial charge in [0.2, 0.25) is 0 Å². The van der Waals surface area contributed by atoms with Crippen molar-refractivity contribution in [1.82, 2.24) is 4.98 Å². The maximum absolute atomic E-state index is 9.32. The molecule has 0 fully saturated rings. The second-order valence-corrected chi connectivity index (χ2v) is 3.09. The van der Waals surface area contributed by atoms with E-state index < -0.39 is 0 Å². The minimum atomic E-state index is 0.211. The largest absolute Gasteiger partial charge is 0.508 e. The van der Waals surface area contributed by atoms with Crippen LogP contribution in [0.4, 0.5) is 0 Å². The first-order valence-electron chi connectivity index (χ1n) is 4.45. The van der Waals surface area contributed by atoms with Crippen LogP contribution in [0.3, 0.4) is 0 Å². The van der Waals surface area contributed by atoms with Gasteiger partial charge in [-0.3, -0.25) is 0 Å². The molecule has 0 unspecified atom stereocenters. The van der Waals surface area contributed by atoms with E-state index in [1.807, 2.05) is 12.1 Å². The molecule has 0 bridgehead atoms. The highest BCUT2D eigenvalue weighted by Crippen LogP contribution is 2.22. The molecule has 15 heavy (non-hydrogen) atoms. The number of benzene rings is 1. The van der Waals surface area contributed by atoms with Gasteiger partial charge in [0, 0.05) is 6.20 Å². The van der Waals surface area contributed by atoms with Gasteiger partial charge in [-0.15, -0.1) is 0 Å². The molecule has 1 aromatic carbocycles. The van der Waals surface area contributed by atoms with Gasteiger partial charge >= 0.3 is 0 Å². The van der Waals surface area contributed by atoms with E-state index in [2.05, 4.69) is 4.98 Å². The molecule has 0 aliphatic carbocycles. The molecular weight excluding hydrogens is 188 g/mol. The summed E-state index contributed by atoms with van der Waals surface area (Å²) >= 11 is 0. The Bertz CT molecular complexity index is 529. The maximum atomic E-state index is 9.32. The normalized spacial score (nSPS) is 9.53. The van der Waals surface area contributed by atoms with Crippen molar-refractivity contribution in [2.24, 2.45) is 0 Å². The van der Waals surface area contributed by atoms with E-state index in [-0.39, 0.29) is 5.75 Å². The molecule has 0 amide bonds. The Balaban J connectivity index is 2.50. The highest BCUT2D eigenvalue weighted by molar-refractivity contribution is 5.65. The fraction of sp³-hybridized carbons (Fsp3) is 0. The standard InChI is InChI=1S/C12H8N2O/c13-8-11-6-10(4-5-14-11)9-2-1-3-12(15)7-9/h1-7,15H. The smallest absolute Gasteiger partial charge is 0.141 e. The predicted octanol–water partition coefficient (Wildman–Crippen LogP) is 2.33. The molecule has 0 saturated heterocycles. The highest BCUT2D eigenvalue weighted by Gasteiger charge is 2.00. The third-order valence-corrected chi connectivity index (χ3v) is 2.05. The zero-order valence-corrected chi connectivity index (χ0v) is 7.88. The third kappa shape index (κ3) is 1.94. The van der Waals surface area contributed by atoms with Crippen molar-refractivity contribution >= 4 is 0 Å². The number of nitriles is 1. The number of phenols is 1. The van der Waals surface area contributed by atoms with Crippen molar-refractivity contribution in [2.45, 2.75) is 0 Å². The van der Waals surface area contributed by atoms with Crippen molar-refractivity contribution in [2.75, 3.05) is 0 Å². The molecule has 2 rings (SSSR count). The minimum absolute atomic E-state index is 0.211. The lowest BCUT2D eigenvalue weighted by molar-refractivity contribution is 0.475. The molecule has 1 aromatic heterocycles. The van der Waals surface area contributed by atoms with E-state index in [4.69, 9.17) is 5.26 Å². The van der Waals surface area contributed by atoms with Crippen LogP contribution in [-0.4, -0.2) is 10.1 Å². The molecule has 1 N–H and O–H groups in total. The number of aromatic hydroxyl groups is 1. The first-order chi connectivity index (χ1) is 7.29. The van der Waals surface area contributed by atoms with Crippen molar-refractivity contribution in [1.29, 1.82) is 5.26 Å². The van der Waals surface area contributed by atoms with Gasteiger partial charge in [-0.2, -0.15) is 5.26 Å². The van der Waals surface area contributed by atoms with Crippen molar-refractivity contribution in [3.8, 4) is 22.9 Å². The van der Waals surface area contributed by atoms with Gasteiger partial charge < -0.3 is 5.11 Å². The fourth-order valence-corrected chi connectivity index (χ4v) is 1.36. The zero-order chi connectivity index (χ0) is 10.7. The summed E-state index contributed by atoms with van der Waals surface area (Å²) in [5.41, 5.74) is 2.11. The SMILES string of the molecule is N#Cc1cc(-c2cccc(O)c2)ccn1. The molecule has 2 aromatic rings. The van der Waals surface area contributed by atoms with E-state index in [0.717, 1.165) is 11.1 Å². The number of phenolic OH excluding ortho intramolecular Hbond substituents is 1. The number of pyridine rings is 1. The van der Waals surface area contributed by atoms with E-state index in [1.54, 1.807) is 36.5 Å². The molecule has 3 nitrogen and oxygen atoms in total. The minimum Gasteiger partial charge on any atom is -0.508 e. The van der Waals surface area contributed by atoms with Crippen LogP contribution in [0.2, 0.25) is 0 Å². The lowest BCUT2D eigenvalue weighted by Gasteiger charge is -2.01. The second-order valence-electron chi connectivity index (χ2n) is 3.09. The van der Waals surface area contributed by atoms with Crippen molar-refractivity contribution in [3.63, 3.8) is 0 Å². The Morgan fingerprint density at radius 1 is 1.13 bits per heavy atom. The molecule has 0 spiro atoms. The van der Waals surface area contributed by atoms with E-state index >= 15 is 0 Å². The van der Waals surface area contributed by atoms with E-state index in [1.165, 1.54) is 0 Å². The topological polar surface area (TPSA) is 56.9 Å². The highest BCUT2D eigenvalue weighted by atomic mass is 16.3. The van der Waals surface area contributed by atoms with Crippen LogP contribution in [0.15, 0.2) is 42.6 Å². The molecule has 1 heterocycles. The summed E-state index contributed by atoms with van der Waals surface area (Å²) in [6, 6.07) is 12.4. The lowest BCUT2D eigenvalue weighted by atomic mass is 10.1. The van der Waals surface area contributed by atoms with Gasteiger partial charge in [0.25, 0.3) is 0 Å². The second kappa shape index (κ2) is 3.81. The van der Waals surface area contributed by atoms with Crippen LogP contribution in [0, 0.1) is 11.3 Å². The fourth-order valence-electron chi connectivity index (χ4n) is 1.36. The summed E-state index contributed by atoms with van der Waals surface area (Å²) in [6.07, 6.45) is 1.58. The van der Waals surface area contributed by atoms with Crippen LogP contribution < -0.4 is 0 Å². The van der Waals surface area contributed by atoms with Crippen LogP contribution in [-0.2, 0) is 0 Å². The van der Waals surface area contributed by atoms with Gasteiger partial charge in [-0.25, -0.2) is 4.98 Å². The summed E-state index contributed by atoms with van der Waals surface area (Å²) in [4.78, 5) is 3.88. The molecule has 0 aliphatic rings. The third-order valence-electron chi connectivity index (χ3n) is 2.05. The van der Waals surface area contributed by atoms with Crippen LogP contribution in [0.1, 0.15) is 5.69 Å². The van der Waals surface area contributed by atoms with Gasteiger partial charge in [-0.05, 0) is 35.4 Å². The van der Waals surface area contributed by atoms with Crippen LogP contribution in [0.25, 0.3) is 11.1 Å². The summed E-state index contributed by atoms with van der Waals surface area (Å²) in [6.45, 7) is 0. The Morgan fingerprint density at radius 3 is 2.67 bits per heavy atom. The lowest BCUT2D eigenvalue weighted by Crippen LogP contribution is -1.83. The average molecular weight is 196 g/mol. The molecule has 0 atom stereocenters. The average Bonchev–Trinajstić information content (AvgIpc) is 2.29. The summed E-state index contributed by atoms with van der Waals surface area (Å²) in [5.74, 6) is 0.211. The quantitative estimate of drug-likeness (QED) is 0.761. The predicted molar refractivity (Wildman–Crippen MR) is 56.1 cm³/mol. The summed E-state index contributed by atoms with van der Waals surface area (Å²) < 4.78 is 0. The summed E-state index contributed by atoms with van der Waals surface area (Å²) in [7, 11) is 0. The first kappa shape index (κ1) is 9.22. The van der Waals surface area contributed by atoms with Gasteiger partial charge in [0.1, 0.15) is 17.5 Å². The Kier molecular flexibility index (Phi) is 2.34. The Morgan fingerprint density at radius 2 is 1.93 bits per heavy atom. The maximum Gasteiger partial charge on any atom is 0.141 e. The number of rotatable bonds is 1. The molecule has 3 heteroatoms. The van der Waals surface area contributed by atoms with E-state index in [0.29, 0.717) is 5.69 Å². The Hall–Kier alpha value is -2.34. The van der Waals surface area contributed by atoms with Gasteiger partial charge in [0.15, 0.2) is 0 Å². The summed E-state index contributed by atoms with van der Waals surface area (Å²) in [5, 5.41) is 18.0. The monoisotopic (exact) mass is 196 g/mol. The molecule has 0 radical (unpaired) electrons. The zero-order valence-electron chi connectivity index (χ0n) is 7.88. The van der Waals surface area contributed by atoms with E-state index in [9.17, 15) is 5.11 Å². The van der Waals surface area contributed by atoms with Gasteiger partial charge in [-0.1, -0.05) is 12.1 Å². The van der Waals surface area contributed by atoms with Crippen LogP contribution in [0.5, 0.6) is 5.75 Å². The number of aromatic nitrogens is 1. The molecular formula is C12H8N2O.